The normalized spacial score (nSPS) is 10.3. The van der Waals surface area contributed by atoms with Crippen molar-refractivity contribution < 1.29 is 19.1 Å². The first-order chi connectivity index (χ1) is 13.7. The monoisotopic (exact) mass is 394 g/mol. The van der Waals surface area contributed by atoms with Gasteiger partial charge in [0.1, 0.15) is 18.2 Å². The van der Waals surface area contributed by atoms with E-state index >= 15 is 0 Å². The van der Waals surface area contributed by atoms with Crippen molar-refractivity contribution in [3.63, 3.8) is 0 Å². The summed E-state index contributed by atoms with van der Waals surface area (Å²) in [6.07, 6.45) is 0.190. The fourth-order valence-electron chi connectivity index (χ4n) is 2.70. The Morgan fingerprint density at radius 3 is 2.14 bits per heavy atom. The first-order valence-corrected chi connectivity index (χ1v) is 9.33. The zero-order valence-electron chi connectivity index (χ0n) is 15.1. The van der Waals surface area contributed by atoms with E-state index in [0.29, 0.717) is 5.75 Å². The molecule has 0 N–H and O–H groups in total. The van der Waals surface area contributed by atoms with Crippen molar-refractivity contribution in [3.8, 4) is 16.9 Å². The molecule has 0 aromatic heterocycles. The summed E-state index contributed by atoms with van der Waals surface area (Å²) in [5.41, 5.74) is 3.45. The van der Waals surface area contributed by atoms with Crippen LogP contribution in [0.2, 0.25) is 0 Å². The van der Waals surface area contributed by atoms with E-state index in [9.17, 15) is 9.59 Å². The molecule has 3 aromatic rings. The van der Waals surface area contributed by atoms with E-state index < -0.39 is 5.97 Å². The fraction of sp³-hybridized carbons (Fsp3) is 0.130. The molecule has 142 valence electrons. The molecule has 0 unspecified atom stereocenters. The van der Waals surface area contributed by atoms with Crippen LogP contribution in [0.1, 0.15) is 11.1 Å². The molecule has 0 atom stereocenters. The highest BCUT2D eigenvalue weighted by Crippen LogP contribution is 2.30. The number of benzene rings is 3. The first-order valence-electron chi connectivity index (χ1n) is 8.80. The highest BCUT2D eigenvalue weighted by molar-refractivity contribution is 6.26. The Morgan fingerprint density at radius 2 is 1.43 bits per heavy atom. The summed E-state index contributed by atoms with van der Waals surface area (Å²) in [6.45, 7) is 0.261. The third-order valence-corrected chi connectivity index (χ3v) is 4.29. The van der Waals surface area contributed by atoms with Gasteiger partial charge < -0.3 is 9.47 Å². The molecule has 0 fully saturated rings. The van der Waals surface area contributed by atoms with Gasteiger partial charge in [0.25, 0.3) is 0 Å². The van der Waals surface area contributed by atoms with Crippen LogP contribution in [0, 0.1) is 0 Å². The third kappa shape index (κ3) is 5.44. The van der Waals surface area contributed by atoms with Gasteiger partial charge in [0.2, 0.25) is 0 Å². The minimum Gasteiger partial charge on any atom is -0.461 e. The molecule has 0 heterocycles. The second-order valence-corrected chi connectivity index (χ2v) is 6.39. The van der Waals surface area contributed by atoms with Gasteiger partial charge in [0.15, 0.2) is 0 Å². The molecular weight excluding hydrogens is 376 g/mol. The fourth-order valence-corrected chi connectivity index (χ4v) is 2.76. The maximum absolute atomic E-state index is 12.1. The number of carbonyl (C=O) groups is 2. The van der Waals surface area contributed by atoms with E-state index in [-0.39, 0.29) is 24.9 Å². The highest BCUT2D eigenvalue weighted by atomic mass is 35.5. The zero-order valence-corrected chi connectivity index (χ0v) is 15.9. The summed E-state index contributed by atoms with van der Waals surface area (Å²) >= 11 is 5.52. The molecule has 0 aliphatic rings. The SMILES string of the molecule is O=C(Cc1ccc(-c2ccccc2OC(=O)CCl)cc1)OCc1ccccc1. The van der Waals surface area contributed by atoms with Gasteiger partial charge in [0.05, 0.1) is 6.42 Å². The number of hydrogen-bond donors (Lipinski definition) is 0. The van der Waals surface area contributed by atoms with Crippen LogP contribution < -0.4 is 4.74 Å². The highest BCUT2D eigenvalue weighted by Gasteiger charge is 2.11. The van der Waals surface area contributed by atoms with E-state index in [1.807, 2.05) is 66.7 Å². The second kappa shape index (κ2) is 9.72. The zero-order chi connectivity index (χ0) is 19.8. The molecule has 0 saturated heterocycles. The van der Waals surface area contributed by atoms with Gasteiger partial charge >= 0.3 is 11.9 Å². The summed E-state index contributed by atoms with van der Waals surface area (Å²) < 4.78 is 10.6. The molecule has 0 saturated carbocycles. The van der Waals surface area contributed by atoms with Gasteiger partial charge in [0, 0.05) is 5.56 Å². The number of rotatable bonds is 7. The smallest absolute Gasteiger partial charge is 0.326 e. The molecule has 0 aliphatic heterocycles. The second-order valence-electron chi connectivity index (χ2n) is 6.12. The largest absolute Gasteiger partial charge is 0.461 e. The van der Waals surface area contributed by atoms with Crippen molar-refractivity contribution in [1.82, 2.24) is 0 Å². The van der Waals surface area contributed by atoms with Crippen molar-refractivity contribution in [2.24, 2.45) is 0 Å². The van der Waals surface area contributed by atoms with Crippen LogP contribution in [0.5, 0.6) is 5.75 Å². The van der Waals surface area contributed by atoms with Crippen molar-refractivity contribution in [2.45, 2.75) is 13.0 Å². The standard InChI is InChI=1S/C23H19ClO4/c24-15-23(26)28-21-9-5-4-8-20(21)19-12-10-17(11-13-19)14-22(25)27-16-18-6-2-1-3-7-18/h1-13H,14-16H2. The minimum atomic E-state index is -0.508. The number of halogens is 1. The van der Waals surface area contributed by atoms with E-state index in [4.69, 9.17) is 21.1 Å². The number of esters is 2. The van der Waals surface area contributed by atoms with Gasteiger partial charge in [-0.25, -0.2) is 0 Å². The van der Waals surface area contributed by atoms with Crippen LogP contribution in [-0.2, 0) is 27.4 Å². The van der Waals surface area contributed by atoms with Crippen LogP contribution in [0.4, 0.5) is 0 Å². The number of hydrogen-bond acceptors (Lipinski definition) is 4. The van der Waals surface area contributed by atoms with E-state index in [1.54, 1.807) is 12.1 Å². The average molecular weight is 395 g/mol. The molecule has 28 heavy (non-hydrogen) atoms. The number of alkyl halides is 1. The van der Waals surface area contributed by atoms with Crippen molar-refractivity contribution in [2.75, 3.05) is 5.88 Å². The van der Waals surface area contributed by atoms with Crippen molar-refractivity contribution in [3.05, 3.63) is 90.0 Å². The molecule has 4 nitrogen and oxygen atoms in total. The number of para-hydroxylation sites is 1. The molecule has 0 spiro atoms. The summed E-state index contributed by atoms with van der Waals surface area (Å²) in [6, 6.07) is 24.3. The van der Waals surface area contributed by atoms with Crippen LogP contribution >= 0.6 is 11.6 Å². The molecular formula is C23H19ClO4. The lowest BCUT2D eigenvalue weighted by Gasteiger charge is -2.10. The summed E-state index contributed by atoms with van der Waals surface area (Å²) in [5, 5.41) is 0. The molecule has 3 aromatic carbocycles. The molecule has 0 amide bonds. The summed E-state index contributed by atoms with van der Waals surface area (Å²) in [5.74, 6) is -0.554. The Labute approximate surface area is 168 Å². The Bertz CT molecular complexity index is 936. The van der Waals surface area contributed by atoms with Gasteiger partial charge in [-0.1, -0.05) is 72.8 Å². The Morgan fingerprint density at radius 1 is 0.750 bits per heavy atom. The summed E-state index contributed by atoms with van der Waals surface area (Å²) in [4.78, 5) is 23.6. The molecule has 0 aliphatic carbocycles. The first kappa shape index (κ1) is 19.6. The average Bonchev–Trinajstić information content (AvgIpc) is 2.74. The summed E-state index contributed by atoms with van der Waals surface area (Å²) in [7, 11) is 0. The van der Waals surface area contributed by atoms with Crippen LogP contribution in [-0.4, -0.2) is 17.8 Å². The van der Waals surface area contributed by atoms with Crippen molar-refractivity contribution in [1.29, 1.82) is 0 Å². The number of carbonyl (C=O) groups excluding carboxylic acids is 2. The van der Waals surface area contributed by atoms with Crippen LogP contribution in [0.3, 0.4) is 0 Å². The van der Waals surface area contributed by atoms with Gasteiger partial charge in [-0.3, -0.25) is 9.59 Å². The van der Waals surface area contributed by atoms with E-state index in [2.05, 4.69) is 0 Å². The maximum atomic E-state index is 12.1. The van der Waals surface area contributed by atoms with E-state index in [1.165, 1.54) is 0 Å². The lowest BCUT2D eigenvalue weighted by atomic mass is 10.0. The quantitative estimate of drug-likeness (QED) is 0.328. The van der Waals surface area contributed by atoms with E-state index in [0.717, 1.165) is 22.3 Å². The lowest BCUT2D eigenvalue weighted by molar-refractivity contribution is -0.144. The molecule has 0 radical (unpaired) electrons. The molecule has 3 rings (SSSR count). The van der Waals surface area contributed by atoms with Gasteiger partial charge in [-0.05, 0) is 22.8 Å². The van der Waals surface area contributed by atoms with Gasteiger partial charge in [-0.15, -0.1) is 11.6 Å². The van der Waals surface area contributed by atoms with Crippen LogP contribution in [0.25, 0.3) is 11.1 Å². The minimum absolute atomic E-state index is 0.190. The Balaban J connectivity index is 1.64. The predicted octanol–water partition coefficient (Wildman–Crippen LogP) is 4.78. The predicted molar refractivity (Wildman–Crippen MR) is 108 cm³/mol. The lowest BCUT2D eigenvalue weighted by Crippen LogP contribution is -2.09. The Hall–Kier alpha value is -3.11. The third-order valence-electron chi connectivity index (χ3n) is 4.08. The van der Waals surface area contributed by atoms with Gasteiger partial charge in [-0.2, -0.15) is 0 Å². The van der Waals surface area contributed by atoms with Crippen LogP contribution in [0.15, 0.2) is 78.9 Å². The van der Waals surface area contributed by atoms with Crippen molar-refractivity contribution >= 4 is 23.5 Å². The number of ether oxygens (including phenoxy) is 2. The molecule has 0 bridgehead atoms. The topological polar surface area (TPSA) is 52.6 Å². The Kier molecular flexibility index (Phi) is 6.82. The maximum Gasteiger partial charge on any atom is 0.326 e. The molecule has 5 heteroatoms.